The van der Waals surface area contributed by atoms with Crippen molar-refractivity contribution in [3.05, 3.63) is 54.1 Å². The Morgan fingerprint density at radius 3 is 1.81 bits per heavy atom. The number of rotatable bonds is 7. The second-order valence-electron chi connectivity index (χ2n) is 8.28. The van der Waals surface area contributed by atoms with E-state index in [9.17, 15) is 4.79 Å². The van der Waals surface area contributed by atoms with E-state index in [-0.39, 0.29) is 10.8 Å². The molecule has 26 heavy (non-hydrogen) atoms. The second-order valence-corrected chi connectivity index (χ2v) is 13.0. The molecule has 0 saturated carbocycles. The number of hydrogen-bond donors (Lipinski definition) is 0. The number of hydrogen-bond acceptors (Lipinski definition) is 3. The van der Waals surface area contributed by atoms with Crippen molar-refractivity contribution in [2.45, 2.75) is 58.7 Å². The van der Waals surface area contributed by atoms with Crippen LogP contribution in [0.4, 0.5) is 0 Å². The summed E-state index contributed by atoms with van der Waals surface area (Å²) in [7, 11) is -1.82. The molecule has 0 atom stereocenters. The zero-order chi connectivity index (χ0) is 19.4. The van der Waals surface area contributed by atoms with Gasteiger partial charge in [-0.3, -0.25) is 0 Å². The molecule has 0 aromatic heterocycles. The molecular formula is C22H30O3Si. The van der Waals surface area contributed by atoms with Gasteiger partial charge in [-0.05, 0) is 73.4 Å². The molecule has 0 amide bonds. The average molecular weight is 371 g/mol. The molecule has 0 unspecified atom stereocenters. The van der Waals surface area contributed by atoms with Gasteiger partial charge >= 0.3 is 0 Å². The molecule has 0 spiro atoms. The second kappa shape index (κ2) is 8.08. The smallest absolute Gasteiger partial charge is 0.250 e. The van der Waals surface area contributed by atoms with Crippen molar-refractivity contribution in [1.29, 1.82) is 0 Å². The standard InChI is InChI=1S/C22H30O3Si/c1-17(23)7-8-18-9-11-19(12-10-18)24-20-13-15-21(16-14-20)25-26(5,6)22(2,3)4/h9-16H,7-8H2,1-6H3. The maximum absolute atomic E-state index is 11.1. The molecule has 0 fully saturated rings. The van der Waals surface area contributed by atoms with Gasteiger partial charge in [-0.2, -0.15) is 0 Å². The summed E-state index contributed by atoms with van der Waals surface area (Å²) in [5, 5.41) is 0.173. The Kier molecular flexibility index (Phi) is 6.29. The molecular weight excluding hydrogens is 340 g/mol. The minimum atomic E-state index is -1.82. The lowest BCUT2D eigenvalue weighted by molar-refractivity contribution is -0.116. The van der Waals surface area contributed by atoms with Crippen molar-refractivity contribution in [3.8, 4) is 17.2 Å². The van der Waals surface area contributed by atoms with E-state index in [2.05, 4.69) is 33.9 Å². The van der Waals surface area contributed by atoms with E-state index in [1.54, 1.807) is 6.92 Å². The van der Waals surface area contributed by atoms with Crippen LogP contribution in [0.3, 0.4) is 0 Å². The number of benzene rings is 2. The number of carbonyl (C=O) groups is 1. The van der Waals surface area contributed by atoms with Gasteiger partial charge < -0.3 is 14.0 Å². The topological polar surface area (TPSA) is 35.5 Å². The van der Waals surface area contributed by atoms with Crippen LogP contribution < -0.4 is 9.16 Å². The Morgan fingerprint density at radius 1 is 0.885 bits per heavy atom. The summed E-state index contributed by atoms with van der Waals surface area (Å²) in [6.07, 6.45) is 1.35. The van der Waals surface area contributed by atoms with Gasteiger partial charge in [0.05, 0.1) is 0 Å². The van der Waals surface area contributed by atoms with E-state index >= 15 is 0 Å². The van der Waals surface area contributed by atoms with Crippen LogP contribution in [-0.2, 0) is 11.2 Å². The predicted molar refractivity (Wildman–Crippen MR) is 110 cm³/mol. The number of aryl methyl sites for hydroxylation is 1. The number of ketones is 1. The van der Waals surface area contributed by atoms with E-state index in [0.29, 0.717) is 6.42 Å². The normalized spacial score (nSPS) is 11.9. The van der Waals surface area contributed by atoms with Crippen LogP contribution >= 0.6 is 0 Å². The Hall–Kier alpha value is -2.07. The van der Waals surface area contributed by atoms with E-state index in [0.717, 1.165) is 29.2 Å². The molecule has 0 aliphatic carbocycles. The lowest BCUT2D eigenvalue weighted by Gasteiger charge is -2.36. The molecule has 140 valence electrons. The van der Waals surface area contributed by atoms with Crippen LogP contribution in [0.15, 0.2) is 48.5 Å². The molecule has 3 nitrogen and oxygen atoms in total. The highest BCUT2D eigenvalue weighted by molar-refractivity contribution is 6.74. The van der Waals surface area contributed by atoms with E-state index in [4.69, 9.17) is 9.16 Å². The molecule has 0 radical (unpaired) electrons. The zero-order valence-corrected chi connectivity index (χ0v) is 17.8. The quantitative estimate of drug-likeness (QED) is 0.530. The fourth-order valence-corrected chi connectivity index (χ4v) is 3.24. The maximum atomic E-state index is 11.1. The van der Waals surface area contributed by atoms with Crippen LogP contribution in [0, 0.1) is 0 Å². The molecule has 2 aromatic rings. The van der Waals surface area contributed by atoms with Gasteiger partial charge in [0.1, 0.15) is 23.0 Å². The van der Waals surface area contributed by atoms with Crippen LogP contribution in [0.1, 0.15) is 39.7 Å². The van der Waals surface area contributed by atoms with Gasteiger partial charge in [0.15, 0.2) is 0 Å². The van der Waals surface area contributed by atoms with Crippen molar-refractivity contribution in [2.75, 3.05) is 0 Å². The highest BCUT2D eigenvalue weighted by atomic mass is 28.4. The first-order valence-corrected chi connectivity index (χ1v) is 12.0. The number of carbonyl (C=O) groups excluding carboxylic acids is 1. The van der Waals surface area contributed by atoms with Crippen LogP contribution in [0.2, 0.25) is 18.1 Å². The Labute approximate surface area is 158 Å². The average Bonchev–Trinajstić information content (AvgIpc) is 2.55. The first-order chi connectivity index (χ1) is 12.1. The molecule has 0 aliphatic heterocycles. The number of ether oxygens (including phenoxy) is 1. The van der Waals surface area contributed by atoms with Crippen LogP contribution in [-0.4, -0.2) is 14.1 Å². The largest absolute Gasteiger partial charge is 0.543 e. The fourth-order valence-electron chi connectivity index (χ4n) is 2.20. The molecule has 0 bridgehead atoms. The van der Waals surface area contributed by atoms with E-state index in [1.165, 1.54) is 0 Å². The van der Waals surface area contributed by atoms with E-state index < -0.39 is 8.32 Å². The van der Waals surface area contributed by atoms with Gasteiger partial charge in [-0.25, -0.2) is 0 Å². The monoisotopic (exact) mass is 370 g/mol. The highest BCUT2D eigenvalue weighted by Gasteiger charge is 2.38. The Balaban J connectivity index is 1.98. The van der Waals surface area contributed by atoms with Gasteiger partial charge in [0, 0.05) is 6.42 Å². The summed E-state index contributed by atoms with van der Waals surface area (Å²) in [6.45, 7) is 12.8. The van der Waals surface area contributed by atoms with Gasteiger partial charge in [-0.15, -0.1) is 0 Å². The van der Waals surface area contributed by atoms with Gasteiger partial charge in [0.2, 0.25) is 8.32 Å². The molecule has 4 heteroatoms. The molecule has 2 rings (SSSR count). The lowest BCUT2D eigenvalue weighted by atomic mass is 10.1. The predicted octanol–water partition coefficient (Wildman–Crippen LogP) is 6.38. The molecule has 0 aliphatic rings. The van der Waals surface area contributed by atoms with Crippen LogP contribution in [0.5, 0.6) is 17.2 Å². The van der Waals surface area contributed by atoms with Crippen molar-refractivity contribution in [3.63, 3.8) is 0 Å². The summed E-state index contributed by atoms with van der Waals surface area (Å²) in [5.74, 6) is 2.67. The van der Waals surface area contributed by atoms with Crippen LogP contribution in [0.25, 0.3) is 0 Å². The summed E-state index contributed by atoms with van der Waals surface area (Å²) in [4.78, 5) is 11.1. The zero-order valence-electron chi connectivity index (χ0n) is 16.8. The summed E-state index contributed by atoms with van der Waals surface area (Å²) in [5.41, 5.74) is 1.14. The molecule has 0 heterocycles. The molecule has 2 aromatic carbocycles. The lowest BCUT2D eigenvalue weighted by Crippen LogP contribution is -2.43. The first kappa shape index (κ1) is 20.2. The third-order valence-corrected chi connectivity index (χ3v) is 9.29. The SMILES string of the molecule is CC(=O)CCc1ccc(Oc2ccc(O[Si](C)(C)C(C)(C)C)cc2)cc1. The first-order valence-electron chi connectivity index (χ1n) is 9.12. The maximum Gasteiger partial charge on any atom is 0.250 e. The van der Waals surface area contributed by atoms with Crippen molar-refractivity contribution in [1.82, 2.24) is 0 Å². The highest BCUT2D eigenvalue weighted by Crippen LogP contribution is 2.37. The van der Waals surface area contributed by atoms with Crippen molar-refractivity contribution < 1.29 is 14.0 Å². The summed E-state index contributed by atoms with van der Waals surface area (Å²) in [6, 6.07) is 15.7. The third kappa shape index (κ3) is 5.73. The summed E-state index contributed by atoms with van der Waals surface area (Å²) < 4.78 is 12.2. The Morgan fingerprint density at radius 2 is 1.35 bits per heavy atom. The van der Waals surface area contributed by atoms with E-state index in [1.807, 2.05) is 48.5 Å². The minimum absolute atomic E-state index is 0.173. The van der Waals surface area contributed by atoms with Gasteiger partial charge in [0.25, 0.3) is 0 Å². The van der Waals surface area contributed by atoms with Gasteiger partial charge in [-0.1, -0.05) is 32.9 Å². The summed E-state index contributed by atoms with van der Waals surface area (Å²) >= 11 is 0. The van der Waals surface area contributed by atoms with Crippen molar-refractivity contribution in [2.24, 2.45) is 0 Å². The fraction of sp³-hybridized carbons (Fsp3) is 0.409. The Bertz CT molecular complexity index is 725. The molecule has 0 saturated heterocycles. The molecule has 0 N–H and O–H groups in total. The third-order valence-electron chi connectivity index (χ3n) is 4.93. The minimum Gasteiger partial charge on any atom is -0.543 e. The number of Topliss-reactive ketones (excluding diaryl/α,β-unsaturated/α-hetero) is 1. The van der Waals surface area contributed by atoms with Crippen molar-refractivity contribution >= 4 is 14.1 Å².